The summed E-state index contributed by atoms with van der Waals surface area (Å²) in [5.41, 5.74) is 0.239. The van der Waals surface area contributed by atoms with Crippen molar-refractivity contribution in [3.05, 3.63) is 99.8 Å². The van der Waals surface area contributed by atoms with Gasteiger partial charge in [-0.1, -0.05) is 29.8 Å². The highest BCUT2D eigenvalue weighted by Gasteiger charge is 2.24. The molecule has 0 spiro atoms. The summed E-state index contributed by atoms with van der Waals surface area (Å²) in [5, 5.41) is 18.5. The Morgan fingerprint density at radius 2 is 1.74 bits per heavy atom. The molecule has 5 nitrogen and oxygen atoms in total. The van der Waals surface area contributed by atoms with E-state index in [-0.39, 0.29) is 27.5 Å². The number of hydrogen-bond acceptors (Lipinski definition) is 3. The maximum absolute atomic E-state index is 14.4. The van der Waals surface area contributed by atoms with E-state index < -0.39 is 29.0 Å². The summed E-state index contributed by atoms with van der Waals surface area (Å²) in [5.74, 6) is -3.94. The monoisotopic (exact) mass is 436 g/mol. The topological polar surface area (TPSA) is 82.6 Å². The molecular formula is C23H11ClF2N2O3. The van der Waals surface area contributed by atoms with Crippen molar-refractivity contribution in [1.29, 1.82) is 5.26 Å². The first-order valence-corrected chi connectivity index (χ1v) is 9.27. The molecule has 0 amide bonds. The Bertz CT molecular complexity index is 1420. The minimum absolute atomic E-state index is 0.0446. The second kappa shape index (κ2) is 7.67. The molecule has 152 valence electrons. The van der Waals surface area contributed by atoms with Crippen LogP contribution < -0.4 is 0 Å². The summed E-state index contributed by atoms with van der Waals surface area (Å²) in [4.78, 5) is 24.3. The number of aromatic carboxylic acids is 1. The van der Waals surface area contributed by atoms with Crippen molar-refractivity contribution in [2.24, 2.45) is 0 Å². The van der Waals surface area contributed by atoms with E-state index in [0.717, 1.165) is 18.2 Å². The summed E-state index contributed by atoms with van der Waals surface area (Å²) in [6.45, 7) is 0. The number of pyridine rings is 1. The van der Waals surface area contributed by atoms with Crippen molar-refractivity contribution < 1.29 is 23.5 Å². The minimum atomic E-state index is -1.41. The Hall–Kier alpha value is -4.02. The molecule has 8 heteroatoms. The summed E-state index contributed by atoms with van der Waals surface area (Å²) >= 11 is 6.05. The molecule has 2 aromatic carbocycles. The lowest BCUT2D eigenvalue weighted by Crippen LogP contribution is -2.09. The van der Waals surface area contributed by atoms with Crippen molar-refractivity contribution >= 4 is 28.9 Å². The van der Waals surface area contributed by atoms with Crippen molar-refractivity contribution in [3.8, 4) is 17.2 Å². The molecular weight excluding hydrogens is 426 g/mol. The molecule has 0 fully saturated rings. The van der Waals surface area contributed by atoms with Gasteiger partial charge in [-0.15, -0.1) is 0 Å². The number of fused-ring (bicyclic) bond motifs is 1. The van der Waals surface area contributed by atoms with E-state index in [2.05, 4.69) is 0 Å². The highest BCUT2D eigenvalue weighted by molar-refractivity contribution is 6.35. The van der Waals surface area contributed by atoms with Gasteiger partial charge in [0.1, 0.15) is 23.4 Å². The van der Waals surface area contributed by atoms with Crippen LogP contribution in [0, 0.1) is 23.0 Å². The van der Waals surface area contributed by atoms with Crippen molar-refractivity contribution in [3.63, 3.8) is 0 Å². The van der Waals surface area contributed by atoms with E-state index in [1.165, 1.54) is 34.7 Å². The van der Waals surface area contributed by atoms with Crippen LogP contribution in [0.3, 0.4) is 0 Å². The minimum Gasteiger partial charge on any atom is -0.478 e. The largest absolute Gasteiger partial charge is 0.478 e. The maximum atomic E-state index is 14.4. The van der Waals surface area contributed by atoms with Crippen LogP contribution in [-0.2, 0) is 0 Å². The van der Waals surface area contributed by atoms with Gasteiger partial charge in [0, 0.05) is 5.56 Å². The number of hydrogen-bond donors (Lipinski definition) is 1. The number of halogens is 3. The van der Waals surface area contributed by atoms with Crippen LogP contribution in [0.1, 0.15) is 32.1 Å². The van der Waals surface area contributed by atoms with Crippen molar-refractivity contribution in [1.82, 2.24) is 4.40 Å². The molecule has 0 radical (unpaired) electrons. The summed E-state index contributed by atoms with van der Waals surface area (Å²) in [7, 11) is 0. The van der Waals surface area contributed by atoms with Gasteiger partial charge in [-0.3, -0.25) is 9.20 Å². The van der Waals surface area contributed by atoms with E-state index in [1.54, 1.807) is 12.1 Å². The molecule has 4 rings (SSSR count). The van der Waals surface area contributed by atoms with E-state index in [1.807, 2.05) is 6.07 Å². The van der Waals surface area contributed by atoms with E-state index in [4.69, 9.17) is 16.7 Å². The second-order valence-corrected chi connectivity index (χ2v) is 7.02. The Morgan fingerprint density at radius 3 is 2.39 bits per heavy atom. The van der Waals surface area contributed by atoms with Crippen LogP contribution in [0.4, 0.5) is 8.78 Å². The molecule has 0 atom stereocenters. The van der Waals surface area contributed by atoms with E-state index in [9.17, 15) is 23.6 Å². The fraction of sp³-hybridized carbons (Fsp3) is 0. The second-order valence-electron chi connectivity index (χ2n) is 6.61. The number of nitriles is 1. The average Bonchev–Trinajstić information content (AvgIpc) is 3.13. The molecule has 4 aromatic rings. The van der Waals surface area contributed by atoms with Crippen molar-refractivity contribution in [2.75, 3.05) is 0 Å². The van der Waals surface area contributed by atoms with Gasteiger partial charge < -0.3 is 5.11 Å². The maximum Gasteiger partial charge on any atom is 0.338 e. The zero-order valence-electron chi connectivity index (χ0n) is 15.6. The molecule has 2 aromatic heterocycles. The van der Waals surface area contributed by atoms with Gasteiger partial charge in [0.15, 0.2) is 0 Å². The third-order valence-corrected chi connectivity index (χ3v) is 5.15. The Labute approximate surface area is 179 Å². The van der Waals surface area contributed by atoms with Crippen LogP contribution in [0.2, 0.25) is 5.02 Å². The van der Waals surface area contributed by atoms with Gasteiger partial charge in [0.2, 0.25) is 5.78 Å². The number of ketones is 1. The predicted molar refractivity (Wildman–Crippen MR) is 109 cm³/mol. The molecule has 0 aliphatic carbocycles. The third kappa shape index (κ3) is 3.33. The average molecular weight is 437 g/mol. The first-order chi connectivity index (χ1) is 14.8. The molecule has 1 N–H and O–H groups in total. The van der Waals surface area contributed by atoms with Crippen LogP contribution in [0.15, 0.2) is 60.7 Å². The van der Waals surface area contributed by atoms with Crippen LogP contribution in [0.5, 0.6) is 0 Å². The lowest BCUT2D eigenvalue weighted by molar-refractivity contribution is 0.0691. The number of carbonyl (C=O) groups excluding carboxylic acids is 1. The molecule has 0 bridgehead atoms. The predicted octanol–water partition coefficient (Wildman–Crippen LogP) is 5.34. The summed E-state index contributed by atoms with van der Waals surface area (Å²) in [6.07, 6.45) is 0. The quantitative estimate of drug-likeness (QED) is 0.438. The van der Waals surface area contributed by atoms with Gasteiger partial charge in [-0.25, -0.2) is 13.6 Å². The zero-order chi connectivity index (χ0) is 22.3. The number of aromatic nitrogens is 1. The van der Waals surface area contributed by atoms with Gasteiger partial charge in [-0.05, 0) is 48.0 Å². The Kier molecular flexibility index (Phi) is 5.01. The molecule has 0 saturated carbocycles. The molecule has 0 aliphatic heterocycles. The van der Waals surface area contributed by atoms with Gasteiger partial charge in [-0.2, -0.15) is 5.26 Å². The number of rotatable bonds is 4. The molecule has 0 unspecified atom stereocenters. The van der Waals surface area contributed by atoms with Crippen LogP contribution >= 0.6 is 11.6 Å². The van der Waals surface area contributed by atoms with E-state index in [0.29, 0.717) is 11.1 Å². The highest BCUT2D eigenvalue weighted by Crippen LogP contribution is 2.33. The number of benzene rings is 2. The third-order valence-electron chi connectivity index (χ3n) is 4.84. The standard InChI is InChI=1S/C23H11ClF2N2O3/c24-16-4-2-5-17(25)21(16)22(29)20-10-15(19-6-1-3-13(11-27)28(19)20)12-7-8-14(23(30)31)18(26)9-12/h1-10H,(H,30,31). The fourth-order valence-corrected chi connectivity index (χ4v) is 3.69. The number of carboxylic acid groups (broad SMARTS) is 1. The van der Waals surface area contributed by atoms with Gasteiger partial charge in [0.05, 0.1) is 27.4 Å². The molecule has 0 saturated heterocycles. The molecule has 0 aliphatic rings. The van der Waals surface area contributed by atoms with Crippen LogP contribution in [-0.4, -0.2) is 21.3 Å². The molecule has 31 heavy (non-hydrogen) atoms. The van der Waals surface area contributed by atoms with Crippen LogP contribution in [0.25, 0.3) is 16.6 Å². The van der Waals surface area contributed by atoms with E-state index >= 15 is 0 Å². The number of carboxylic acids is 1. The van der Waals surface area contributed by atoms with Gasteiger partial charge >= 0.3 is 5.97 Å². The molecule has 2 heterocycles. The normalized spacial score (nSPS) is 10.8. The first kappa shape index (κ1) is 20.3. The Balaban J connectivity index is 2.01. The highest BCUT2D eigenvalue weighted by atomic mass is 35.5. The SMILES string of the molecule is N#Cc1cccc2c(-c3ccc(C(=O)O)c(F)c3)cc(C(=O)c3c(F)cccc3Cl)n12. The first-order valence-electron chi connectivity index (χ1n) is 8.90. The fourth-order valence-electron chi connectivity index (χ4n) is 3.44. The zero-order valence-corrected chi connectivity index (χ0v) is 16.3. The van der Waals surface area contributed by atoms with Crippen molar-refractivity contribution in [2.45, 2.75) is 0 Å². The number of nitrogens with zero attached hydrogens (tertiary/aromatic N) is 2. The summed E-state index contributed by atoms with van der Waals surface area (Å²) in [6, 6.07) is 15.4. The lowest BCUT2D eigenvalue weighted by Gasteiger charge is -2.07. The Morgan fingerprint density at radius 1 is 1.00 bits per heavy atom. The number of carbonyl (C=O) groups is 2. The summed E-state index contributed by atoms with van der Waals surface area (Å²) < 4.78 is 30.0. The smallest absolute Gasteiger partial charge is 0.338 e. The lowest BCUT2D eigenvalue weighted by atomic mass is 10.0. The van der Waals surface area contributed by atoms with Gasteiger partial charge in [0.25, 0.3) is 0 Å².